The third-order valence-electron chi connectivity index (χ3n) is 16.3. The zero-order valence-corrected chi connectivity index (χ0v) is 31.1. The molecule has 3 unspecified atom stereocenters. The van der Waals surface area contributed by atoms with Gasteiger partial charge in [-0.2, -0.15) is 0 Å². The van der Waals surface area contributed by atoms with Gasteiger partial charge < -0.3 is 4.90 Å². The number of nitrogens with zero attached hydrogens (tertiary/aromatic N) is 1. The van der Waals surface area contributed by atoms with Crippen LogP contribution in [0.4, 0.5) is 17.1 Å². The number of hydrogen-bond acceptors (Lipinski definition) is 1. The number of hydrogen-bond donors (Lipinski definition) is 0. The van der Waals surface area contributed by atoms with Crippen molar-refractivity contribution in [3.05, 3.63) is 162 Å². The second-order valence-corrected chi connectivity index (χ2v) is 18.5. The fourth-order valence-corrected chi connectivity index (χ4v) is 14.8. The molecule has 8 aliphatic rings. The molecule has 2 spiro atoms. The van der Waals surface area contributed by atoms with Crippen LogP contribution in [-0.2, 0) is 10.8 Å². The highest BCUT2D eigenvalue weighted by molar-refractivity contribution is 5.93. The third-order valence-corrected chi connectivity index (χ3v) is 16.3. The summed E-state index contributed by atoms with van der Waals surface area (Å²) in [6, 6.07) is 54.4. The van der Waals surface area contributed by atoms with Crippen LogP contribution in [0.2, 0.25) is 0 Å². The van der Waals surface area contributed by atoms with Gasteiger partial charge in [0.05, 0.1) is 5.69 Å². The molecule has 8 aliphatic carbocycles. The Hall–Kier alpha value is -4.88. The highest BCUT2D eigenvalue weighted by atomic mass is 15.1. The molecule has 6 fully saturated rings. The molecular formula is C53H47N. The number of benzene rings is 6. The number of fused-ring (bicyclic) bond motifs is 11. The quantitative estimate of drug-likeness (QED) is 0.177. The Labute approximate surface area is 320 Å². The second-order valence-electron chi connectivity index (χ2n) is 18.5. The Kier molecular flexibility index (Phi) is 6.13. The minimum absolute atomic E-state index is 0.0780. The van der Waals surface area contributed by atoms with E-state index in [2.05, 4.69) is 144 Å². The number of rotatable bonds is 4. The van der Waals surface area contributed by atoms with Crippen LogP contribution in [0.3, 0.4) is 0 Å². The number of anilines is 3. The van der Waals surface area contributed by atoms with Crippen molar-refractivity contribution in [1.29, 1.82) is 0 Å². The summed E-state index contributed by atoms with van der Waals surface area (Å²) in [5.74, 6) is 4.90. The highest BCUT2D eigenvalue weighted by Crippen LogP contribution is 2.71. The molecule has 6 saturated carbocycles. The largest absolute Gasteiger partial charge is 0.310 e. The molecular weight excluding hydrogens is 651 g/mol. The van der Waals surface area contributed by atoms with Crippen molar-refractivity contribution in [1.82, 2.24) is 0 Å². The molecule has 3 atom stereocenters. The van der Waals surface area contributed by atoms with E-state index in [1.807, 2.05) is 0 Å². The Morgan fingerprint density at radius 1 is 0.426 bits per heavy atom. The summed E-state index contributed by atoms with van der Waals surface area (Å²) in [6.45, 7) is 0. The zero-order chi connectivity index (χ0) is 35.2. The lowest BCUT2D eigenvalue weighted by atomic mass is 9.43. The van der Waals surface area contributed by atoms with E-state index >= 15 is 0 Å². The monoisotopic (exact) mass is 697 g/mol. The van der Waals surface area contributed by atoms with E-state index in [0.717, 1.165) is 23.7 Å². The zero-order valence-electron chi connectivity index (χ0n) is 31.1. The van der Waals surface area contributed by atoms with Crippen molar-refractivity contribution in [2.45, 2.75) is 68.6 Å². The molecule has 14 rings (SSSR count). The van der Waals surface area contributed by atoms with Crippen LogP contribution in [0.15, 0.2) is 140 Å². The molecule has 0 N–H and O–H groups in total. The first kappa shape index (κ1) is 30.4. The molecule has 0 saturated heterocycles. The van der Waals surface area contributed by atoms with Crippen LogP contribution in [0, 0.1) is 35.5 Å². The van der Waals surface area contributed by atoms with E-state index in [1.54, 1.807) is 22.3 Å². The summed E-state index contributed by atoms with van der Waals surface area (Å²) < 4.78 is 0. The van der Waals surface area contributed by atoms with Gasteiger partial charge in [-0.1, -0.05) is 116 Å². The van der Waals surface area contributed by atoms with E-state index in [1.165, 1.54) is 108 Å². The van der Waals surface area contributed by atoms with Crippen molar-refractivity contribution < 1.29 is 0 Å². The molecule has 6 aromatic rings. The van der Waals surface area contributed by atoms with Gasteiger partial charge in [-0.05, 0) is 173 Å². The summed E-state index contributed by atoms with van der Waals surface area (Å²) in [6.07, 6.45) is 12.5. The lowest BCUT2D eigenvalue weighted by Crippen LogP contribution is -2.55. The first-order valence-corrected chi connectivity index (χ1v) is 21.1. The first-order valence-electron chi connectivity index (χ1n) is 21.1. The Morgan fingerprint density at radius 3 is 1.76 bits per heavy atom. The van der Waals surface area contributed by atoms with Crippen molar-refractivity contribution in [2.24, 2.45) is 35.5 Å². The maximum absolute atomic E-state index is 2.68. The van der Waals surface area contributed by atoms with Gasteiger partial charge in [-0.15, -0.1) is 0 Å². The van der Waals surface area contributed by atoms with Crippen molar-refractivity contribution in [3.63, 3.8) is 0 Å². The van der Waals surface area contributed by atoms with Gasteiger partial charge in [0.2, 0.25) is 0 Å². The summed E-state index contributed by atoms with van der Waals surface area (Å²) in [4.78, 5) is 2.68. The van der Waals surface area contributed by atoms with Gasteiger partial charge in [0.1, 0.15) is 0 Å². The van der Waals surface area contributed by atoms with E-state index in [-0.39, 0.29) is 10.8 Å². The first-order chi connectivity index (χ1) is 26.7. The standard InChI is InChI=1S/C53H47N/c1-2-9-36(10-3-1)37-18-21-41(22-19-37)54(42-23-24-48-46(31-42)44-12-4-6-14-47(44)52(48)32-33-17-20-38(52)26-33)50-16-8-13-45-43-11-5-7-15-49(43)53(51(45)50)39-27-34-25-35(29-39)30-40(53)28-34/h1-16,18-19,21-24,31,33-35,38-40H,17,20,25-30,32H2. The van der Waals surface area contributed by atoms with Gasteiger partial charge >= 0.3 is 0 Å². The highest BCUT2D eigenvalue weighted by Gasteiger charge is 2.62. The van der Waals surface area contributed by atoms with Crippen LogP contribution < -0.4 is 4.90 Å². The lowest BCUT2D eigenvalue weighted by Gasteiger charge is -2.61. The Balaban J connectivity index is 1.05. The van der Waals surface area contributed by atoms with Crippen molar-refractivity contribution in [2.75, 3.05) is 4.90 Å². The molecule has 1 nitrogen and oxygen atoms in total. The molecule has 0 amide bonds. The molecule has 264 valence electrons. The minimum Gasteiger partial charge on any atom is -0.310 e. The molecule has 0 aromatic heterocycles. The maximum atomic E-state index is 2.68. The van der Waals surface area contributed by atoms with E-state index in [4.69, 9.17) is 0 Å². The molecule has 6 bridgehead atoms. The van der Waals surface area contributed by atoms with Gasteiger partial charge in [-0.3, -0.25) is 0 Å². The van der Waals surface area contributed by atoms with Crippen LogP contribution in [0.5, 0.6) is 0 Å². The summed E-state index contributed by atoms with van der Waals surface area (Å²) in [5.41, 5.74) is 19.1. The van der Waals surface area contributed by atoms with E-state index in [9.17, 15) is 0 Å². The van der Waals surface area contributed by atoms with Crippen LogP contribution in [0.25, 0.3) is 33.4 Å². The average Bonchev–Trinajstić information content (AvgIpc) is 3.98. The molecule has 6 aromatic carbocycles. The maximum Gasteiger partial charge on any atom is 0.0509 e. The van der Waals surface area contributed by atoms with Crippen LogP contribution >= 0.6 is 0 Å². The predicted molar refractivity (Wildman–Crippen MR) is 221 cm³/mol. The SMILES string of the molecule is c1ccc(-c2ccc(N(c3ccc4c(c3)-c3ccccc3C43CC4CCC3C4)c3cccc4c3C3(c5ccccc5-4)C4CC5CC(C4)CC3C5)cc2)cc1. The van der Waals surface area contributed by atoms with Gasteiger partial charge in [0.25, 0.3) is 0 Å². The molecule has 0 radical (unpaired) electrons. The summed E-state index contributed by atoms with van der Waals surface area (Å²) in [5, 5.41) is 0. The Bertz CT molecular complexity index is 2460. The van der Waals surface area contributed by atoms with Crippen molar-refractivity contribution >= 4 is 17.1 Å². The van der Waals surface area contributed by atoms with Gasteiger partial charge in [0, 0.05) is 22.2 Å². The van der Waals surface area contributed by atoms with Gasteiger partial charge in [-0.25, -0.2) is 0 Å². The predicted octanol–water partition coefficient (Wildman–Crippen LogP) is 13.6. The second kappa shape index (κ2) is 10.9. The van der Waals surface area contributed by atoms with E-state index < -0.39 is 0 Å². The smallest absolute Gasteiger partial charge is 0.0509 e. The topological polar surface area (TPSA) is 3.24 Å². The molecule has 0 heterocycles. The van der Waals surface area contributed by atoms with Crippen molar-refractivity contribution in [3.8, 4) is 33.4 Å². The van der Waals surface area contributed by atoms with Gasteiger partial charge in [0.15, 0.2) is 0 Å². The fraction of sp³-hybridized carbons (Fsp3) is 0.321. The van der Waals surface area contributed by atoms with E-state index in [0.29, 0.717) is 11.8 Å². The third kappa shape index (κ3) is 3.81. The summed E-state index contributed by atoms with van der Waals surface area (Å²) >= 11 is 0. The molecule has 54 heavy (non-hydrogen) atoms. The summed E-state index contributed by atoms with van der Waals surface area (Å²) in [7, 11) is 0. The normalized spacial score (nSPS) is 31.2. The van der Waals surface area contributed by atoms with Crippen LogP contribution in [0.1, 0.15) is 80.0 Å². The Morgan fingerprint density at radius 2 is 1.04 bits per heavy atom. The molecule has 1 heteroatoms. The minimum atomic E-state index is 0.0780. The average molecular weight is 698 g/mol. The molecule has 0 aliphatic heterocycles. The van der Waals surface area contributed by atoms with Crippen LogP contribution in [-0.4, -0.2) is 0 Å². The fourth-order valence-electron chi connectivity index (χ4n) is 14.8. The lowest BCUT2D eigenvalue weighted by molar-refractivity contribution is -0.0397.